The Kier molecular flexibility index (Phi) is 4.44. The van der Waals surface area contributed by atoms with Crippen molar-refractivity contribution in [1.29, 1.82) is 0 Å². The highest BCUT2D eigenvalue weighted by Crippen LogP contribution is 2.22. The minimum atomic E-state index is 0.156. The van der Waals surface area contributed by atoms with E-state index in [4.69, 9.17) is 8.83 Å². The van der Waals surface area contributed by atoms with Crippen molar-refractivity contribution in [2.24, 2.45) is 0 Å². The summed E-state index contributed by atoms with van der Waals surface area (Å²) in [6.45, 7) is 12.9. The lowest BCUT2D eigenvalue weighted by Gasteiger charge is -2.14. The van der Waals surface area contributed by atoms with E-state index in [9.17, 15) is 0 Å². The first-order chi connectivity index (χ1) is 8.21. The molecule has 0 spiro atoms. The highest BCUT2D eigenvalue weighted by molar-refractivity contribution is 5.15. The largest absolute Gasteiger partial charge is 0.472 e. The first-order valence-electron chi connectivity index (χ1n) is 6.28. The van der Waals surface area contributed by atoms with E-state index in [0.29, 0.717) is 0 Å². The third-order valence-electron chi connectivity index (χ3n) is 2.65. The molecule has 2 heterocycles. The molecule has 0 radical (unpaired) electrons. The second-order valence-electron chi connectivity index (χ2n) is 6.49. The first-order valence-corrected chi connectivity index (χ1v) is 6.28. The SMILES string of the molecule is CC(C)(C)c1ccco1.CC(C)(C)c1ccoc1. The zero-order valence-corrected chi connectivity index (χ0v) is 12.3. The van der Waals surface area contributed by atoms with Crippen molar-refractivity contribution in [3.63, 3.8) is 0 Å². The second-order valence-corrected chi connectivity index (χ2v) is 6.49. The Morgan fingerprint density at radius 2 is 1.50 bits per heavy atom. The summed E-state index contributed by atoms with van der Waals surface area (Å²) in [5.41, 5.74) is 1.64. The molecular formula is C16H24O2. The topological polar surface area (TPSA) is 26.3 Å². The molecule has 0 amide bonds. The molecule has 0 fully saturated rings. The fourth-order valence-electron chi connectivity index (χ4n) is 1.40. The number of furan rings is 2. The van der Waals surface area contributed by atoms with Crippen LogP contribution < -0.4 is 0 Å². The predicted octanol–water partition coefficient (Wildman–Crippen LogP) is 5.15. The molecule has 0 N–H and O–H groups in total. The molecular weight excluding hydrogens is 224 g/mol. The summed E-state index contributed by atoms with van der Waals surface area (Å²) in [7, 11) is 0. The lowest BCUT2D eigenvalue weighted by molar-refractivity contribution is 0.409. The van der Waals surface area contributed by atoms with Crippen LogP contribution in [0.5, 0.6) is 0 Å². The van der Waals surface area contributed by atoms with Crippen molar-refractivity contribution in [3.8, 4) is 0 Å². The fourth-order valence-corrected chi connectivity index (χ4v) is 1.40. The van der Waals surface area contributed by atoms with Gasteiger partial charge in [-0.05, 0) is 29.2 Å². The molecule has 0 aliphatic heterocycles. The number of rotatable bonds is 0. The monoisotopic (exact) mass is 248 g/mol. The van der Waals surface area contributed by atoms with Gasteiger partial charge in [0.2, 0.25) is 0 Å². The molecule has 0 unspecified atom stereocenters. The molecule has 0 saturated carbocycles. The number of hydrogen-bond donors (Lipinski definition) is 0. The molecule has 2 heteroatoms. The van der Waals surface area contributed by atoms with Crippen LogP contribution in [0, 0.1) is 0 Å². The van der Waals surface area contributed by atoms with Crippen LogP contribution in [0.4, 0.5) is 0 Å². The summed E-state index contributed by atoms with van der Waals surface area (Å²) < 4.78 is 10.1. The highest BCUT2D eigenvalue weighted by atomic mass is 16.3. The summed E-state index contributed by atoms with van der Waals surface area (Å²) in [5, 5.41) is 0. The van der Waals surface area contributed by atoms with Crippen LogP contribution in [0.2, 0.25) is 0 Å². The predicted molar refractivity (Wildman–Crippen MR) is 74.8 cm³/mol. The van der Waals surface area contributed by atoms with Crippen LogP contribution in [0.1, 0.15) is 52.9 Å². The molecule has 0 aliphatic carbocycles. The van der Waals surface area contributed by atoms with Crippen LogP contribution in [0.3, 0.4) is 0 Å². The summed E-state index contributed by atoms with van der Waals surface area (Å²) in [6, 6.07) is 5.92. The van der Waals surface area contributed by atoms with E-state index in [-0.39, 0.29) is 10.8 Å². The molecule has 0 aliphatic rings. The average molecular weight is 248 g/mol. The van der Waals surface area contributed by atoms with Gasteiger partial charge >= 0.3 is 0 Å². The van der Waals surface area contributed by atoms with E-state index in [1.54, 1.807) is 18.8 Å². The first kappa shape index (κ1) is 14.6. The minimum absolute atomic E-state index is 0.156. The van der Waals surface area contributed by atoms with Crippen LogP contribution in [-0.2, 0) is 10.8 Å². The second kappa shape index (κ2) is 5.47. The Labute approximate surface area is 110 Å². The smallest absolute Gasteiger partial charge is 0.109 e. The number of hydrogen-bond acceptors (Lipinski definition) is 2. The van der Waals surface area contributed by atoms with Crippen molar-refractivity contribution >= 4 is 0 Å². The maximum Gasteiger partial charge on any atom is 0.109 e. The summed E-state index contributed by atoms with van der Waals surface area (Å²) >= 11 is 0. The van der Waals surface area contributed by atoms with Gasteiger partial charge in [0.25, 0.3) is 0 Å². The van der Waals surface area contributed by atoms with Gasteiger partial charge in [0.1, 0.15) is 5.76 Å². The van der Waals surface area contributed by atoms with Crippen molar-refractivity contribution in [3.05, 3.63) is 48.3 Å². The molecule has 2 nitrogen and oxygen atoms in total. The van der Waals surface area contributed by atoms with Gasteiger partial charge in [-0.3, -0.25) is 0 Å². The van der Waals surface area contributed by atoms with Gasteiger partial charge in [-0.25, -0.2) is 0 Å². The van der Waals surface area contributed by atoms with E-state index in [2.05, 4.69) is 41.5 Å². The minimum Gasteiger partial charge on any atom is -0.472 e. The van der Waals surface area contributed by atoms with E-state index < -0.39 is 0 Å². The van der Waals surface area contributed by atoms with E-state index in [0.717, 1.165) is 5.76 Å². The molecule has 2 aromatic rings. The van der Waals surface area contributed by atoms with E-state index in [1.165, 1.54) is 5.56 Å². The molecule has 0 bridgehead atoms. The van der Waals surface area contributed by atoms with Crippen LogP contribution in [0.15, 0.2) is 45.8 Å². The molecule has 100 valence electrons. The lowest BCUT2D eigenvalue weighted by atomic mass is 9.89. The molecule has 0 saturated heterocycles. The maximum absolute atomic E-state index is 5.20. The Morgan fingerprint density at radius 1 is 0.833 bits per heavy atom. The Hall–Kier alpha value is -1.44. The highest BCUT2D eigenvalue weighted by Gasteiger charge is 2.15. The van der Waals surface area contributed by atoms with Gasteiger partial charge in [0.05, 0.1) is 18.8 Å². The summed E-state index contributed by atoms with van der Waals surface area (Å²) in [4.78, 5) is 0. The third-order valence-corrected chi connectivity index (χ3v) is 2.65. The molecule has 18 heavy (non-hydrogen) atoms. The van der Waals surface area contributed by atoms with Gasteiger partial charge in [-0.2, -0.15) is 0 Å². The fraction of sp³-hybridized carbons (Fsp3) is 0.500. The van der Waals surface area contributed by atoms with Crippen LogP contribution in [-0.4, -0.2) is 0 Å². The van der Waals surface area contributed by atoms with Crippen molar-refractivity contribution in [2.45, 2.75) is 52.4 Å². The van der Waals surface area contributed by atoms with Gasteiger partial charge in [0.15, 0.2) is 0 Å². The Balaban J connectivity index is 0.000000180. The van der Waals surface area contributed by atoms with E-state index in [1.807, 2.05) is 18.2 Å². The van der Waals surface area contributed by atoms with Gasteiger partial charge in [-0.15, -0.1) is 0 Å². The Bertz CT molecular complexity index is 378. The van der Waals surface area contributed by atoms with Crippen molar-refractivity contribution < 1.29 is 8.83 Å². The summed E-state index contributed by atoms with van der Waals surface area (Å²) in [6.07, 6.45) is 5.21. The van der Waals surface area contributed by atoms with Gasteiger partial charge in [-0.1, -0.05) is 41.5 Å². The van der Waals surface area contributed by atoms with Gasteiger partial charge in [0, 0.05) is 5.41 Å². The molecule has 2 aromatic heterocycles. The average Bonchev–Trinajstić information content (AvgIpc) is 2.91. The van der Waals surface area contributed by atoms with Crippen LogP contribution in [0.25, 0.3) is 0 Å². The van der Waals surface area contributed by atoms with Crippen LogP contribution >= 0.6 is 0 Å². The summed E-state index contributed by atoms with van der Waals surface area (Å²) in [5.74, 6) is 1.04. The lowest BCUT2D eigenvalue weighted by Crippen LogP contribution is -2.08. The molecule has 2 rings (SSSR count). The maximum atomic E-state index is 5.20. The third kappa shape index (κ3) is 4.44. The molecule has 0 aromatic carbocycles. The zero-order chi connectivity index (χ0) is 13.8. The Morgan fingerprint density at radius 3 is 1.72 bits per heavy atom. The quantitative estimate of drug-likeness (QED) is 0.644. The van der Waals surface area contributed by atoms with Crippen molar-refractivity contribution in [2.75, 3.05) is 0 Å². The van der Waals surface area contributed by atoms with Crippen molar-refractivity contribution in [1.82, 2.24) is 0 Å². The normalized spacial score (nSPS) is 11.9. The zero-order valence-electron chi connectivity index (χ0n) is 12.3. The molecule has 0 atom stereocenters. The van der Waals surface area contributed by atoms with E-state index >= 15 is 0 Å². The van der Waals surface area contributed by atoms with Gasteiger partial charge < -0.3 is 8.83 Å². The standard InChI is InChI=1S/2C8H12O/c1-8(2,3)7-4-5-9-6-7;1-8(2,3)7-5-4-6-9-7/h2*4-6H,1-3H3.